The van der Waals surface area contributed by atoms with E-state index in [1.807, 2.05) is 0 Å². The minimum atomic E-state index is -0.264. The molecule has 0 spiro atoms. The summed E-state index contributed by atoms with van der Waals surface area (Å²) in [6, 6.07) is 4.37. The Morgan fingerprint density at radius 2 is 1.81 bits per heavy atom. The first kappa shape index (κ1) is 17.2. The molecule has 0 saturated heterocycles. The largest absolute Gasteiger partial charge is 0.504 e. The fourth-order valence-electron chi connectivity index (χ4n) is 1.46. The van der Waals surface area contributed by atoms with E-state index in [0.717, 1.165) is 0 Å². The second kappa shape index (κ2) is 9.98. The van der Waals surface area contributed by atoms with Gasteiger partial charge >= 0.3 is 0 Å². The molecule has 21 heavy (non-hydrogen) atoms. The van der Waals surface area contributed by atoms with Crippen molar-refractivity contribution in [2.45, 2.75) is 6.54 Å². The molecule has 1 amide bonds. The number of ether oxygens (including phenoxy) is 3. The smallest absolute Gasteiger partial charge is 0.246 e. The third kappa shape index (κ3) is 7.50. The first-order chi connectivity index (χ1) is 10.1. The molecule has 0 aromatic heterocycles. The Morgan fingerprint density at radius 3 is 2.52 bits per heavy atom. The summed E-state index contributed by atoms with van der Waals surface area (Å²) in [5.74, 6) is -0.674. The van der Waals surface area contributed by atoms with Crippen LogP contribution in [-0.2, 0) is 25.5 Å². The SMILES string of the molecule is COCCOCCOCC(=O)NCc1ccc(O)c(O)c1. The van der Waals surface area contributed by atoms with Gasteiger partial charge in [0.05, 0.1) is 26.4 Å². The molecule has 0 aliphatic carbocycles. The molecule has 0 aliphatic rings. The zero-order chi connectivity index (χ0) is 15.5. The zero-order valence-corrected chi connectivity index (χ0v) is 12.0. The van der Waals surface area contributed by atoms with Gasteiger partial charge < -0.3 is 29.7 Å². The number of phenols is 2. The van der Waals surface area contributed by atoms with Gasteiger partial charge in [-0.1, -0.05) is 6.07 Å². The molecular weight excluding hydrogens is 278 g/mol. The van der Waals surface area contributed by atoms with E-state index in [0.29, 0.717) is 32.0 Å². The number of carbonyl (C=O) groups is 1. The maximum absolute atomic E-state index is 11.5. The van der Waals surface area contributed by atoms with Gasteiger partial charge in [-0.05, 0) is 17.7 Å². The van der Waals surface area contributed by atoms with E-state index in [-0.39, 0.29) is 30.6 Å². The molecule has 1 aromatic carbocycles. The van der Waals surface area contributed by atoms with Crippen LogP contribution in [0.2, 0.25) is 0 Å². The Morgan fingerprint density at radius 1 is 1.10 bits per heavy atom. The Kier molecular flexibility index (Phi) is 8.18. The van der Waals surface area contributed by atoms with Gasteiger partial charge in [0, 0.05) is 13.7 Å². The van der Waals surface area contributed by atoms with Crippen LogP contribution in [0, 0.1) is 0 Å². The first-order valence-corrected chi connectivity index (χ1v) is 6.55. The lowest BCUT2D eigenvalue weighted by atomic mass is 10.2. The van der Waals surface area contributed by atoms with Gasteiger partial charge in [-0.3, -0.25) is 4.79 Å². The number of benzene rings is 1. The Hall–Kier alpha value is -1.83. The van der Waals surface area contributed by atoms with E-state index in [4.69, 9.17) is 19.3 Å². The molecule has 0 heterocycles. The highest BCUT2D eigenvalue weighted by molar-refractivity contribution is 5.77. The average molecular weight is 299 g/mol. The minimum Gasteiger partial charge on any atom is -0.504 e. The summed E-state index contributed by atoms with van der Waals surface area (Å²) in [7, 11) is 1.60. The maximum atomic E-state index is 11.5. The van der Waals surface area contributed by atoms with Gasteiger partial charge in [0.1, 0.15) is 6.61 Å². The number of hydrogen-bond acceptors (Lipinski definition) is 6. The van der Waals surface area contributed by atoms with E-state index >= 15 is 0 Å². The topological polar surface area (TPSA) is 97.3 Å². The predicted molar refractivity (Wildman–Crippen MR) is 75.1 cm³/mol. The van der Waals surface area contributed by atoms with Gasteiger partial charge in [-0.15, -0.1) is 0 Å². The zero-order valence-electron chi connectivity index (χ0n) is 12.0. The number of methoxy groups -OCH3 is 1. The van der Waals surface area contributed by atoms with Gasteiger partial charge in [-0.2, -0.15) is 0 Å². The van der Waals surface area contributed by atoms with E-state index in [1.165, 1.54) is 12.1 Å². The van der Waals surface area contributed by atoms with E-state index in [2.05, 4.69) is 5.32 Å². The van der Waals surface area contributed by atoms with Crippen molar-refractivity contribution >= 4 is 5.91 Å². The number of amides is 1. The molecule has 1 rings (SSSR count). The van der Waals surface area contributed by atoms with Crippen LogP contribution in [0.4, 0.5) is 0 Å². The third-order valence-electron chi connectivity index (χ3n) is 2.57. The third-order valence-corrected chi connectivity index (χ3v) is 2.57. The number of rotatable bonds is 10. The van der Waals surface area contributed by atoms with E-state index < -0.39 is 0 Å². The average Bonchev–Trinajstić information content (AvgIpc) is 2.47. The summed E-state index contributed by atoms with van der Waals surface area (Å²) in [4.78, 5) is 11.5. The molecule has 0 unspecified atom stereocenters. The van der Waals surface area contributed by atoms with Gasteiger partial charge in [0.2, 0.25) is 5.91 Å². The highest BCUT2D eigenvalue weighted by Gasteiger charge is 2.04. The quantitative estimate of drug-likeness (QED) is 0.427. The van der Waals surface area contributed by atoms with Crippen LogP contribution in [0.3, 0.4) is 0 Å². The highest BCUT2D eigenvalue weighted by atomic mass is 16.5. The molecule has 0 radical (unpaired) electrons. The van der Waals surface area contributed by atoms with Crippen molar-refractivity contribution in [3.63, 3.8) is 0 Å². The van der Waals surface area contributed by atoms with Crippen LogP contribution in [0.1, 0.15) is 5.56 Å². The molecule has 7 nitrogen and oxygen atoms in total. The lowest BCUT2D eigenvalue weighted by Gasteiger charge is -2.07. The van der Waals surface area contributed by atoms with Crippen LogP contribution in [0.25, 0.3) is 0 Å². The maximum Gasteiger partial charge on any atom is 0.246 e. The van der Waals surface area contributed by atoms with Crippen LogP contribution in [0.5, 0.6) is 11.5 Å². The molecule has 0 bridgehead atoms. The fourth-order valence-corrected chi connectivity index (χ4v) is 1.46. The second-order valence-corrected chi connectivity index (χ2v) is 4.26. The Balaban J connectivity index is 2.09. The summed E-state index contributed by atoms with van der Waals surface area (Å²) >= 11 is 0. The normalized spacial score (nSPS) is 10.5. The Bertz CT molecular complexity index is 437. The lowest BCUT2D eigenvalue weighted by molar-refractivity contribution is -0.126. The molecule has 1 aromatic rings. The molecular formula is C14H21NO6. The molecule has 0 atom stereocenters. The first-order valence-electron chi connectivity index (χ1n) is 6.55. The van der Waals surface area contributed by atoms with E-state index in [9.17, 15) is 9.90 Å². The summed E-state index contributed by atoms with van der Waals surface area (Å²) in [6.45, 7) is 1.95. The number of aromatic hydroxyl groups is 2. The van der Waals surface area contributed by atoms with Crippen LogP contribution in [0.15, 0.2) is 18.2 Å². The van der Waals surface area contributed by atoms with Crippen molar-refractivity contribution in [1.82, 2.24) is 5.32 Å². The monoisotopic (exact) mass is 299 g/mol. The standard InChI is InChI=1S/C14H21NO6/c1-19-4-5-20-6-7-21-10-14(18)15-9-11-2-3-12(16)13(17)8-11/h2-3,8,16-17H,4-7,9-10H2,1H3,(H,15,18). The van der Waals surface area contributed by atoms with Gasteiger partial charge in [0.25, 0.3) is 0 Å². The Labute approximate surface area is 123 Å². The number of hydrogen-bond donors (Lipinski definition) is 3. The van der Waals surface area contributed by atoms with Crippen LogP contribution < -0.4 is 5.32 Å². The fraction of sp³-hybridized carbons (Fsp3) is 0.500. The minimum absolute atomic E-state index is 0.0578. The summed E-state index contributed by atoms with van der Waals surface area (Å²) in [6.07, 6.45) is 0. The van der Waals surface area contributed by atoms with Crippen molar-refractivity contribution in [3.8, 4) is 11.5 Å². The summed E-state index contributed by atoms with van der Waals surface area (Å²) in [5, 5.41) is 21.1. The van der Waals surface area contributed by atoms with Gasteiger partial charge in [-0.25, -0.2) is 0 Å². The molecule has 3 N–H and O–H groups in total. The number of phenolic OH excluding ortho intramolecular Hbond substituents is 2. The van der Waals surface area contributed by atoms with E-state index in [1.54, 1.807) is 13.2 Å². The molecule has 0 saturated carbocycles. The van der Waals surface area contributed by atoms with Crippen molar-refractivity contribution in [1.29, 1.82) is 0 Å². The van der Waals surface area contributed by atoms with Crippen molar-refractivity contribution < 1.29 is 29.2 Å². The highest BCUT2D eigenvalue weighted by Crippen LogP contribution is 2.24. The predicted octanol–water partition coefficient (Wildman–Crippen LogP) is 0.394. The lowest BCUT2D eigenvalue weighted by Crippen LogP contribution is -2.27. The van der Waals surface area contributed by atoms with Crippen LogP contribution in [-0.4, -0.2) is 56.3 Å². The van der Waals surface area contributed by atoms with Crippen LogP contribution >= 0.6 is 0 Å². The molecule has 7 heteroatoms. The molecule has 0 fully saturated rings. The summed E-state index contributed by atoms with van der Waals surface area (Å²) in [5.41, 5.74) is 0.682. The summed E-state index contributed by atoms with van der Waals surface area (Å²) < 4.78 is 15.1. The van der Waals surface area contributed by atoms with Crippen molar-refractivity contribution in [3.05, 3.63) is 23.8 Å². The number of carbonyl (C=O) groups excluding carboxylic acids is 1. The molecule has 118 valence electrons. The second-order valence-electron chi connectivity index (χ2n) is 4.26. The van der Waals surface area contributed by atoms with Crippen molar-refractivity contribution in [2.24, 2.45) is 0 Å². The van der Waals surface area contributed by atoms with Gasteiger partial charge in [0.15, 0.2) is 11.5 Å². The van der Waals surface area contributed by atoms with Crippen molar-refractivity contribution in [2.75, 3.05) is 40.1 Å². The molecule has 0 aliphatic heterocycles. The number of nitrogens with one attached hydrogen (secondary N) is 1.